The number of pyridine rings is 1. The Kier molecular flexibility index (Phi) is 6.94. The van der Waals surface area contributed by atoms with Gasteiger partial charge in [-0.25, -0.2) is 9.67 Å². The maximum absolute atomic E-state index is 13.3. The van der Waals surface area contributed by atoms with Crippen molar-refractivity contribution >= 4 is 51.7 Å². The maximum Gasteiger partial charge on any atom is 0.455 e. The number of amides is 2. The highest BCUT2D eigenvalue weighted by atomic mass is 127. The van der Waals surface area contributed by atoms with Crippen molar-refractivity contribution in [2.24, 2.45) is 5.73 Å². The van der Waals surface area contributed by atoms with Gasteiger partial charge in [-0.05, 0) is 70.6 Å². The van der Waals surface area contributed by atoms with Crippen LogP contribution in [-0.4, -0.2) is 46.8 Å². The Morgan fingerprint density at radius 2 is 1.97 bits per heavy atom. The average Bonchev–Trinajstić information content (AvgIpc) is 3.43. The molecule has 0 fully saturated rings. The standard InChI is InChI=1S/C20H14ClF3IN9O2/c1-9-5-10(25)6-12(16(26)35)15(9)28-18(36)14-7-11(8-33-31-19(29-32-33)20(22,23)24)30-34(14)17-13(21)3-2-4-27-17/h2-7H,8H2,1H3,(H2,26,35)(H,28,36). The molecule has 4 aromatic rings. The fourth-order valence-corrected chi connectivity index (χ4v) is 4.19. The number of nitrogens with zero attached hydrogens (tertiary/aromatic N) is 7. The number of anilines is 1. The number of carbonyl (C=O) groups excluding carboxylic acids is 2. The van der Waals surface area contributed by atoms with E-state index in [0.717, 1.165) is 8.25 Å². The number of hydrogen-bond donors (Lipinski definition) is 2. The van der Waals surface area contributed by atoms with Crippen LogP contribution >= 0.6 is 34.2 Å². The number of tetrazole rings is 1. The van der Waals surface area contributed by atoms with Crippen LogP contribution in [0.2, 0.25) is 5.02 Å². The summed E-state index contributed by atoms with van der Waals surface area (Å²) in [7, 11) is 0. The molecule has 0 saturated heterocycles. The number of benzene rings is 1. The first-order valence-corrected chi connectivity index (χ1v) is 11.4. The Morgan fingerprint density at radius 1 is 1.22 bits per heavy atom. The van der Waals surface area contributed by atoms with Gasteiger partial charge in [0, 0.05) is 9.77 Å². The van der Waals surface area contributed by atoms with Crippen molar-refractivity contribution in [3.8, 4) is 5.82 Å². The average molecular weight is 632 g/mol. The molecule has 16 heteroatoms. The second-order valence-corrected chi connectivity index (χ2v) is 9.00. The molecule has 1 aromatic carbocycles. The smallest absolute Gasteiger partial charge is 0.366 e. The van der Waals surface area contributed by atoms with Crippen molar-refractivity contribution < 1.29 is 22.8 Å². The molecule has 0 atom stereocenters. The molecule has 11 nitrogen and oxygen atoms in total. The maximum atomic E-state index is 13.3. The lowest BCUT2D eigenvalue weighted by Crippen LogP contribution is -2.22. The predicted octanol–water partition coefficient (Wildman–Crippen LogP) is 3.24. The summed E-state index contributed by atoms with van der Waals surface area (Å²) in [4.78, 5) is 30.1. The zero-order chi connectivity index (χ0) is 26.2. The molecule has 0 bridgehead atoms. The zero-order valence-corrected chi connectivity index (χ0v) is 21.0. The Bertz CT molecular complexity index is 1490. The predicted molar refractivity (Wildman–Crippen MR) is 129 cm³/mol. The highest BCUT2D eigenvalue weighted by Crippen LogP contribution is 2.27. The van der Waals surface area contributed by atoms with Crippen LogP contribution in [0.4, 0.5) is 18.9 Å². The van der Waals surface area contributed by atoms with Crippen molar-refractivity contribution in [2.45, 2.75) is 19.6 Å². The number of aryl methyl sites for hydroxylation is 1. The Balaban J connectivity index is 1.75. The van der Waals surface area contributed by atoms with Crippen molar-refractivity contribution in [1.29, 1.82) is 0 Å². The lowest BCUT2D eigenvalue weighted by molar-refractivity contribution is -0.145. The normalized spacial score (nSPS) is 11.5. The van der Waals surface area contributed by atoms with Gasteiger partial charge in [0.05, 0.1) is 22.0 Å². The minimum atomic E-state index is -4.77. The summed E-state index contributed by atoms with van der Waals surface area (Å²) in [6.45, 7) is 1.35. The van der Waals surface area contributed by atoms with Crippen molar-refractivity contribution in [3.63, 3.8) is 0 Å². The second kappa shape index (κ2) is 9.81. The first-order valence-electron chi connectivity index (χ1n) is 9.90. The summed E-state index contributed by atoms with van der Waals surface area (Å²) in [5, 5.41) is 16.7. The summed E-state index contributed by atoms with van der Waals surface area (Å²) in [6, 6.07) is 7.68. The van der Waals surface area contributed by atoms with Gasteiger partial charge in [-0.2, -0.15) is 23.1 Å². The van der Waals surface area contributed by atoms with Gasteiger partial charge in [0.15, 0.2) is 5.82 Å². The first kappa shape index (κ1) is 25.5. The first-order chi connectivity index (χ1) is 16.9. The van der Waals surface area contributed by atoms with E-state index in [4.69, 9.17) is 17.3 Å². The molecule has 3 heterocycles. The van der Waals surface area contributed by atoms with E-state index in [-0.39, 0.29) is 40.0 Å². The number of hydrogen-bond acceptors (Lipinski definition) is 7. The highest BCUT2D eigenvalue weighted by Gasteiger charge is 2.37. The number of primary amides is 1. The largest absolute Gasteiger partial charge is 0.455 e. The minimum absolute atomic E-state index is 0.0740. The molecule has 3 N–H and O–H groups in total. The molecule has 3 aromatic heterocycles. The van der Waals surface area contributed by atoms with Crippen LogP contribution in [0.5, 0.6) is 0 Å². The van der Waals surface area contributed by atoms with Crippen LogP contribution in [-0.2, 0) is 12.7 Å². The lowest BCUT2D eigenvalue weighted by Gasteiger charge is -2.14. The SMILES string of the molecule is Cc1cc(I)cc(C(N)=O)c1NC(=O)c1cc(Cn2nnc(C(F)(F)F)n2)nn1-c1ncccc1Cl. The molecule has 36 heavy (non-hydrogen) atoms. The van der Waals surface area contributed by atoms with Gasteiger partial charge >= 0.3 is 6.18 Å². The van der Waals surface area contributed by atoms with E-state index in [9.17, 15) is 22.8 Å². The summed E-state index contributed by atoms with van der Waals surface area (Å²) in [5.41, 5.74) is 6.40. The Morgan fingerprint density at radius 3 is 2.61 bits per heavy atom. The molecule has 0 aliphatic rings. The molecule has 0 unspecified atom stereocenters. The fraction of sp³-hybridized carbons (Fsp3) is 0.150. The molecule has 186 valence electrons. The number of aromatic nitrogens is 7. The summed E-state index contributed by atoms with van der Waals surface area (Å²) < 4.78 is 40.3. The Hall–Kier alpha value is -3.60. The topological polar surface area (TPSA) is 146 Å². The van der Waals surface area contributed by atoms with Crippen molar-refractivity contribution in [1.82, 2.24) is 35.0 Å². The molecule has 2 amide bonds. The van der Waals surface area contributed by atoms with E-state index in [1.807, 2.05) is 22.6 Å². The molecule has 0 aliphatic heterocycles. The van der Waals surface area contributed by atoms with E-state index >= 15 is 0 Å². The summed E-state index contributed by atoms with van der Waals surface area (Å²) in [6.07, 6.45) is -3.35. The van der Waals surface area contributed by atoms with E-state index in [2.05, 4.69) is 30.8 Å². The van der Waals surface area contributed by atoms with Gasteiger partial charge in [0.2, 0.25) is 0 Å². The molecule has 4 rings (SSSR count). The molecule has 0 aliphatic carbocycles. The van der Waals surface area contributed by atoms with E-state index in [0.29, 0.717) is 10.4 Å². The van der Waals surface area contributed by atoms with Crippen LogP contribution in [0, 0.1) is 10.5 Å². The van der Waals surface area contributed by atoms with Gasteiger partial charge < -0.3 is 11.1 Å². The monoisotopic (exact) mass is 631 g/mol. The van der Waals surface area contributed by atoms with Crippen LogP contribution in [0.3, 0.4) is 0 Å². The summed E-state index contributed by atoms with van der Waals surface area (Å²) in [5.74, 6) is -2.77. The van der Waals surface area contributed by atoms with Gasteiger partial charge in [-0.3, -0.25) is 9.59 Å². The zero-order valence-electron chi connectivity index (χ0n) is 18.1. The number of rotatable bonds is 6. The van der Waals surface area contributed by atoms with E-state index < -0.39 is 23.8 Å². The lowest BCUT2D eigenvalue weighted by atomic mass is 10.1. The fourth-order valence-electron chi connectivity index (χ4n) is 3.21. The third kappa shape index (κ3) is 5.30. The van der Waals surface area contributed by atoms with E-state index in [1.54, 1.807) is 19.1 Å². The van der Waals surface area contributed by atoms with E-state index in [1.165, 1.54) is 24.4 Å². The second-order valence-electron chi connectivity index (χ2n) is 7.35. The third-order valence-electron chi connectivity index (χ3n) is 4.75. The number of nitrogens with two attached hydrogens (primary N) is 1. The van der Waals surface area contributed by atoms with Crippen LogP contribution in [0.1, 0.15) is 37.9 Å². The molecule has 0 radical (unpaired) electrons. The van der Waals surface area contributed by atoms with Gasteiger partial charge in [-0.1, -0.05) is 11.6 Å². The number of carbonyl (C=O) groups is 2. The number of halogens is 5. The minimum Gasteiger partial charge on any atom is -0.366 e. The number of alkyl halides is 3. The van der Waals surface area contributed by atoms with Gasteiger partial charge in [0.1, 0.15) is 12.2 Å². The van der Waals surface area contributed by atoms with Crippen LogP contribution in [0.15, 0.2) is 36.5 Å². The van der Waals surface area contributed by atoms with Crippen molar-refractivity contribution in [2.75, 3.05) is 5.32 Å². The molecule has 0 spiro atoms. The highest BCUT2D eigenvalue weighted by molar-refractivity contribution is 14.1. The third-order valence-corrected chi connectivity index (χ3v) is 5.66. The van der Waals surface area contributed by atoms with Crippen molar-refractivity contribution in [3.05, 3.63) is 73.5 Å². The summed E-state index contributed by atoms with van der Waals surface area (Å²) >= 11 is 8.26. The van der Waals surface area contributed by atoms with Crippen LogP contribution in [0.25, 0.3) is 5.82 Å². The van der Waals surface area contributed by atoms with Crippen LogP contribution < -0.4 is 11.1 Å². The Labute approximate surface area is 219 Å². The molecule has 0 saturated carbocycles. The quantitative estimate of drug-likeness (QED) is 0.311. The molecular formula is C20H14ClF3IN9O2. The number of nitrogens with one attached hydrogen (secondary N) is 1. The molecular weight excluding hydrogens is 618 g/mol. The van der Waals surface area contributed by atoms with Gasteiger partial charge in [0.25, 0.3) is 17.6 Å². The van der Waals surface area contributed by atoms with Gasteiger partial charge in [-0.15, -0.1) is 10.2 Å².